The van der Waals surface area contributed by atoms with Gasteiger partial charge in [-0.3, -0.25) is 19.2 Å². The van der Waals surface area contributed by atoms with Crippen LogP contribution in [-0.2, 0) is 23.9 Å². The van der Waals surface area contributed by atoms with Gasteiger partial charge in [-0.25, -0.2) is 4.79 Å². The van der Waals surface area contributed by atoms with Gasteiger partial charge in [-0.05, 0) is 52.4 Å². The molecular formula is C24H17BrClNO7. The number of carbonyl (C=O) groups is 5. The molecule has 3 amide bonds. The van der Waals surface area contributed by atoms with Crippen LogP contribution in [0.4, 0.5) is 4.79 Å². The first-order valence-corrected chi connectivity index (χ1v) is 11.7. The molecule has 1 heterocycles. The molecule has 0 saturated carbocycles. The molecule has 34 heavy (non-hydrogen) atoms. The number of methoxy groups -OCH3 is 1. The summed E-state index contributed by atoms with van der Waals surface area (Å²) in [5.41, 5.74) is 1.69. The van der Waals surface area contributed by atoms with Crippen molar-refractivity contribution in [2.24, 2.45) is 17.8 Å². The number of imide groups is 3. The fourth-order valence-electron chi connectivity index (χ4n) is 5.58. The summed E-state index contributed by atoms with van der Waals surface area (Å²) >= 11 is 9.62. The van der Waals surface area contributed by atoms with E-state index >= 15 is 0 Å². The molecule has 1 aromatic carbocycles. The van der Waals surface area contributed by atoms with Crippen molar-refractivity contribution in [1.29, 1.82) is 0 Å². The summed E-state index contributed by atoms with van der Waals surface area (Å²) in [6, 6.07) is 4.36. The highest BCUT2D eigenvalue weighted by Crippen LogP contribution is 2.56. The van der Waals surface area contributed by atoms with E-state index in [9.17, 15) is 29.1 Å². The highest BCUT2D eigenvalue weighted by molar-refractivity contribution is 9.12. The fraction of sp³-hybridized carbons (Fsp3) is 0.292. The SMILES string of the molecule is COC(=O)N1C(=O)C2CC=C3C(c4ccc(O)cc4Cl)C4=C(CC3C2C1=O)C(=O)C(Br)=CC4=O. The number of phenolic OH excluding ortho intramolecular Hbond substituents is 1. The molecule has 1 N–H and O–H groups in total. The van der Waals surface area contributed by atoms with Crippen LogP contribution in [0.3, 0.4) is 0 Å². The van der Waals surface area contributed by atoms with Crippen molar-refractivity contribution in [3.05, 3.63) is 62.1 Å². The second kappa shape index (κ2) is 8.02. The summed E-state index contributed by atoms with van der Waals surface area (Å²) < 4.78 is 4.74. The third-order valence-electron chi connectivity index (χ3n) is 6.98. The number of likely N-dealkylation sites (tertiary alicyclic amines) is 1. The summed E-state index contributed by atoms with van der Waals surface area (Å²) in [5, 5.41) is 10.0. The predicted octanol–water partition coefficient (Wildman–Crippen LogP) is 3.57. The van der Waals surface area contributed by atoms with Gasteiger partial charge in [-0.1, -0.05) is 29.3 Å². The molecule has 5 rings (SSSR count). The summed E-state index contributed by atoms with van der Waals surface area (Å²) in [6.45, 7) is 0. The predicted molar refractivity (Wildman–Crippen MR) is 122 cm³/mol. The first kappa shape index (κ1) is 22.7. The monoisotopic (exact) mass is 545 g/mol. The maximum atomic E-state index is 13.3. The van der Waals surface area contributed by atoms with Crippen LogP contribution < -0.4 is 0 Å². The van der Waals surface area contributed by atoms with Gasteiger partial charge in [0, 0.05) is 28.2 Å². The van der Waals surface area contributed by atoms with Crippen LogP contribution in [0.5, 0.6) is 5.75 Å². The van der Waals surface area contributed by atoms with Gasteiger partial charge in [0.1, 0.15) is 5.75 Å². The van der Waals surface area contributed by atoms with E-state index in [1.165, 1.54) is 18.2 Å². The number of allylic oxidation sites excluding steroid dienone is 6. The van der Waals surface area contributed by atoms with E-state index < -0.39 is 41.6 Å². The summed E-state index contributed by atoms with van der Waals surface area (Å²) in [6.07, 6.45) is 2.23. The number of fused-ring (bicyclic) bond motifs is 3. The van der Waals surface area contributed by atoms with Crippen LogP contribution in [0.25, 0.3) is 0 Å². The summed E-state index contributed by atoms with van der Waals surface area (Å²) in [4.78, 5) is 65.1. The number of nitrogens with zero attached hydrogens (tertiary/aromatic N) is 1. The maximum Gasteiger partial charge on any atom is 0.423 e. The Bertz CT molecular complexity index is 1310. The van der Waals surface area contributed by atoms with Gasteiger partial charge < -0.3 is 9.84 Å². The lowest BCUT2D eigenvalue weighted by atomic mass is 9.59. The normalized spacial score (nSPS) is 28.3. The Kier molecular flexibility index (Phi) is 5.37. The van der Waals surface area contributed by atoms with Crippen LogP contribution in [0.1, 0.15) is 24.3 Å². The van der Waals surface area contributed by atoms with Crippen LogP contribution in [0, 0.1) is 17.8 Å². The van der Waals surface area contributed by atoms with Crippen molar-refractivity contribution in [3.63, 3.8) is 0 Å². The second-order valence-corrected chi connectivity index (χ2v) is 9.84. The number of Topliss-reactive ketones (excluding diaryl/α,β-unsaturated/α-hetero) is 1. The van der Waals surface area contributed by atoms with E-state index in [1.54, 1.807) is 12.1 Å². The molecule has 1 fully saturated rings. The van der Waals surface area contributed by atoms with Crippen LogP contribution in [0.2, 0.25) is 5.02 Å². The van der Waals surface area contributed by atoms with Crippen molar-refractivity contribution < 1.29 is 33.8 Å². The number of phenols is 1. The number of carbonyl (C=O) groups excluding carboxylic acids is 5. The molecule has 0 aromatic heterocycles. The number of aromatic hydroxyl groups is 1. The smallest absolute Gasteiger partial charge is 0.423 e. The van der Waals surface area contributed by atoms with Crippen molar-refractivity contribution in [1.82, 2.24) is 4.90 Å². The zero-order chi connectivity index (χ0) is 24.5. The van der Waals surface area contributed by atoms with Gasteiger partial charge in [0.05, 0.1) is 23.4 Å². The number of hydrogen-bond acceptors (Lipinski definition) is 7. The lowest BCUT2D eigenvalue weighted by Crippen LogP contribution is -2.40. The lowest BCUT2D eigenvalue weighted by molar-refractivity contribution is -0.137. The van der Waals surface area contributed by atoms with Crippen LogP contribution in [-0.4, -0.2) is 46.6 Å². The number of amides is 3. The summed E-state index contributed by atoms with van der Waals surface area (Å²) in [7, 11) is 1.09. The highest BCUT2D eigenvalue weighted by atomic mass is 79.9. The molecule has 1 aliphatic heterocycles. The Labute approximate surface area is 207 Å². The number of benzene rings is 1. The number of ether oxygens (including phenoxy) is 1. The topological polar surface area (TPSA) is 118 Å². The van der Waals surface area contributed by atoms with E-state index in [0.29, 0.717) is 16.0 Å². The molecule has 8 nitrogen and oxygen atoms in total. The van der Waals surface area contributed by atoms with E-state index in [4.69, 9.17) is 11.6 Å². The largest absolute Gasteiger partial charge is 0.508 e. The molecule has 3 aliphatic carbocycles. The number of halogens is 2. The van der Waals surface area contributed by atoms with E-state index in [2.05, 4.69) is 20.7 Å². The van der Waals surface area contributed by atoms with E-state index in [1.807, 2.05) is 0 Å². The highest BCUT2D eigenvalue weighted by Gasteiger charge is 2.58. The molecule has 1 aromatic rings. The number of rotatable bonds is 1. The number of hydrogen-bond donors (Lipinski definition) is 1. The van der Waals surface area contributed by atoms with Crippen molar-refractivity contribution in [2.75, 3.05) is 7.11 Å². The molecule has 0 radical (unpaired) electrons. The van der Waals surface area contributed by atoms with Gasteiger partial charge in [0.2, 0.25) is 11.8 Å². The minimum atomic E-state index is -1.05. The lowest BCUT2D eigenvalue weighted by Gasteiger charge is -2.42. The van der Waals surface area contributed by atoms with E-state index in [-0.39, 0.29) is 50.8 Å². The molecule has 4 unspecified atom stereocenters. The first-order valence-electron chi connectivity index (χ1n) is 10.5. The van der Waals surface area contributed by atoms with Gasteiger partial charge >= 0.3 is 6.09 Å². The quantitative estimate of drug-likeness (QED) is 0.325. The Balaban J connectivity index is 1.69. The van der Waals surface area contributed by atoms with Gasteiger partial charge in [0.15, 0.2) is 11.6 Å². The second-order valence-electron chi connectivity index (χ2n) is 8.58. The minimum absolute atomic E-state index is 0.0630. The van der Waals surface area contributed by atoms with Crippen molar-refractivity contribution in [3.8, 4) is 5.75 Å². The molecule has 174 valence electrons. The third-order valence-corrected chi connectivity index (χ3v) is 7.90. The Hall–Kier alpha value is -3.04. The van der Waals surface area contributed by atoms with Crippen molar-refractivity contribution >= 4 is 57.0 Å². The zero-order valence-electron chi connectivity index (χ0n) is 17.7. The van der Waals surface area contributed by atoms with Crippen molar-refractivity contribution in [2.45, 2.75) is 18.8 Å². The average molecular weight is 547 g/mol. The summed E-state index contributed by atoms with van der Waals surface area (Å²) in [5.74, 6) is -5.12. The molecule has 0 bridgehead atoms. The minimum Gasteiger partial charge on any atom is -0.508 e. The molecule has 0 spiro atoms. The van der Waals surface area contributed by atoms with Crippen LogP contribution >= 0.6 is 27.5 Å². The van der Waals surface area contributed by atoms with Crippen LogP contribution in [0.15, 0.2) is 51.6 Å². The molecule has 1 saturated heterocycles. The Morgan fingerprint density at radius 3 is 2.59 bits per heavy atom. The van der Waals surface area contributed by atoms with Gasteiger partial charge in [-0.15, -0.1) is 0 Å². The first-order chi connectivity index (χ1) is 16.1. The zero-order valence-corrected chi connectivity index (χ0v) is 20.1. The van der Waals surface area contributed by atoms with Gasteiger partial charge in [-0.2, -0.15) is 4.90 Å². The fourth-order valence-corrected chi connectivity index (χ4v) is 6.31. The maximum absolute atomic E-state index is 13.3. The molecular weight excluding hydrogens is 530 g/mol. The van der Waals surface area contributed by atoms with E-state index in [0.717, 1.165) is 7.11 Å². The molecule has 4 aliphatic rings. The number of ketones is 2. The average Bonchev–Trinajstić information content (AvgIpc) is 3.06. The third kappa shape index (κ3) is 3.14. The molecule has 4 atom stereocenters. The standard InChI is InChI=1S/C24H17BrClNO7/c1-34-24(33)27-22(31)12-5-4-10-13(19(12)23(27)32)7-14-20(17(29)8-15(25)21(14)30)18(10)11-3-2-9(28)6-16(11)26/h2-4,6,8,12-13,18-19,28H,5,7H2,1H3. The van der Waals surface area contributed by atoms with Gasteiger partial charge in [0.25, 0.3) is 0 Å². The molecule has 10 heteroatoms. The Morgan fingerprint density at radius 1 is 1.18 bits per heavy atom. The Morgan fingerprint density at radius 2 is 1.91 bits per heavy atom.